The molecule has 1 aliphatic heterocycles. The van der Waals surface area contributed by atoms with Crippen molar-refractivity contribution in [3.05, 3.63) is 58.7 Å². The summed E-state index contributed by atoms with van der Waals surface area (Å²) in [6, 6.07) is 13.1. The molecule has 0 bridgehead atoms. The van der Waals surface area contributed by atoms with Gasteiger partial charge in [0.15, 0.2) is 5.13 Å². The Bertz CT molecular complexity index is 1110. The Labute approximate surface area is 194 Å². The van der Waals surface area contributed by atoms with Crippen molar-refractivity contribution in [2.24, 2.45) is 5.92 Å². The Morgan fingerprint density at radius 3 is 2.66 bits per heavy atom. The molecule has 0 saturated carbocycles. The Kier molecular flexibility index (Phi) is 6.82. The quantitative estimate of drug-likeness (QED) is 0.530. The van der Waals surface area contributed by atoms with Crippen LogP contribution in [0.5, 0.6) is 0 Å². The van der Waals surface area contributed by atoms with Crippen molar-refractivity contribution in [1.29, 1.82) is 0 Å². The first kappa shape index (κ1) is 22.7. The number of carboxylic acids is 1. The summed E-state index contributed by atoms with van der Waals surface area (Å²) in [5.74, 6) is -0.168. The van der Waals surface area contributed by atoms with Crippen LogP contribution in [-0.2, 0) is 17.8 Å². The van der Waals surface area contributed by atoms with Gasteiger partial charge in [-0.3, -0.25) is 9.69 Å². The zero-order valence-corrected chi connectivity index (χ0v) is 20.3. The highest BCUT2D eigenvalue weighted by molar-refractivity contribution is 7.22. The van der Waals surface area contributed by atoms with Gasteiger partial charge in [0, 0.05) is 32.2 Å². The number of benzene rings is 2. The van der Waals surface area contributed by atoms with E-state index in [1.165, 1.54) is 15.8 Å². The molecule has 1 saturated heterocycles. The van der Waals surface area contributed by atoms with Crippen LogP contribution in [0.3, 0.4) is 0 Å². The van der Waals surface area contributed by atoms with Gasteiger partial charge < -0.3 is 10.0 Å². The van der Waals surface area contributed by atoms with Crippen LogP contribution in [0.15, 0.2) is 36.4 Å². The van der Waals surface area contributed by atoms with Gasteiger partial charge >= 0.3 is 5.97 Å². The molecule has 0 spiro atoms. The lowest BCUT2D eigenvalue weighted by Gasteiger charge is -2.42. The Morgan fingerprint density at radius 2 is 1.91 bits per heavy atom. The minimum absolute atomic E-state index is 0.0789. The van der Waals surface area contributed by atoms with Crippen LogP contribution in [0.2, 0.25) is 0 Å². The van der Waals surface area contributed by atoms with Crippen LogP contribution >= 0.6 is 11.3 Å². The first-order chi connectivity index (χ1) is 15.3. The number of rotatable bonds is 7. The molecule has 1 aliphatic rings. The number of carboxylic acid groups (broad SMARTS) is 1. The van der Waals surface area contributed by atoms with Crippen molar-refractivity contribution >= 4 is 32.7 Å². The summed E-state index contributed by atoms with van der Waals surface area (Å²) in [7, 11) is 0. The van der Waals surface area contributed by atoms with Crippen LogP contribution in [0, 0.1) is 19.8 Å². The fourth-order valence-electron chi connectivity index (χ4n) is 4.78. The average molecular weight is 452 g/mol. The van der Waals surface area contributed by atoms with Gasteiger partial charge in [0.1, 0.15) is 0 Å². The minimum Gasteiger partial charge on any atom is -0.481 e. The number of aliphatic carboxylic acids is 1. The second-order valence-electron chi connectivity index (χ2n) is 9.58. The topological polar surface area (TPSA) is 56.7 Å². The lowest BCUT2D eigenvalue weighted by Crippen LogP contribution is -2.53. The number of thiazole rings is 1. The molecule has 0 aliphatic carbocycles. The predicted molar refractivity (Wildman–Crippen MR) is 133 cm³/mol. The smallest absolute Gasteiger partial charge is 0.307 e. The summed E-state index contributed by atoms with van der Waals surface area (Å²) in [6.07, 6.45) is 1.21. The number of anilines is 1. The molecule has 2 aromatic carbocycles. The predicted octanol–water partition coefficient (Wildman–Crippen LogP) is 5.28. The maximum Gasteiger partial charge on any atom is 0.307 e. The van der Waals surface area contributed by atoms with Gasteiger partial charge in [-0.05, 0) is 55.0 Å². The van der Waals surface area contributed by atoms with Crippen molar-refractivity contribution in [1.82, 2.24) is 9.88 Å². The van der Waals surface area contributed by atoms with E-state index in [9.17, 15) is 9.90 Å². The fourth-order valence-corrected chi connectivity index (χ4v) is 5.94. The van der Waals surface area contributed by atoms with Gasteiger partial charge in [-0.25, -0.2) is 4.98 Å². The largest absolute Gasteiger partial charge is 0.481 e. The first-order valence-corrected chi connectivity index (χ1v) is 12.3. The molecule has 6 heteroatoms. The number of hydrogen-bond donors (Lipinski definition) is 1. The molecule has 32 heavy (non-hydrogen) atoms. The second-order valence-corrected chi connectivity index (χ2v) is 10.6. The third-order valence-electron chi connectivity index (χ3n) is 6.05. The van der Waals surface area contributed by atoms with E-state index in [1.807, 2.05) is 13.0 Å². The van der Waals surface area contributed by atoms with Crippen LogP contribution in [0.25, 0.3) is 10.2 Å². The first-order valence-electron chi connectivity index (χ1n) is 11.4. The summed E-state index contributed by atoms with van der Waals surface area (Å²) >= 11 is 1.80. The normalized spacial score (nSPS) is 17.4. The number of aromatic nitrogens is 1. The highest BCUT2D eigenvalue weighted by Gasteiger charge is 2.29. The van der Waals surface area contributed by atoms with Crippen LogP contribution < -0.4 is 4.90 Å². The van der Waals surface area contributed by atoms with E-state index in [1.54, 1.807) is 11.3 Å². The van der Waals surface area contributed by atoms with Crippen molar-refractivity contribution in [3.63, 3.8) is 0 Å². The Morgan fingerprint density at radius 1 is 1.12 bits per heavy atom. The number of fused-ring (bicyclic) bond motifs is 1. The summed E-state index contributed by atoms with van der Waals surface area (Å²) in [5.41, 5.74) is 5.58. The van der Waals surface area contributed by atoms with E-state index in [0.29, 0.717) is 12.0 Å². The van der Waals surface area contributed by atoms with E-state index >= 15 is 0 Å². The van der Waals surface area contributed by atoms with E-state index in [4.69, 9.17) is 4.98 Å². The number of carbonyl (C=O) groups is 1. The van der Waals surface area contributed by atoms with E-state index in [-0.39, 0.29) is 6.42 Å². The third-order valence-corrected chi connectivity index (χ3v) is 7.10. The molecular weight excluding hydrogens is 418 g/mol. The van der Waals surface area contributed by atoms with Gasteiger partial charge in [-0.15, -0.1) is 0 Å². The van der Waals surface area contributed by atoms with Crippen LogP contribution in [0.1, 0.15) is 42.5 Å². The monoisotopic (exact) mass is 451 g/mol. The molecule has 0 radical (unpaired) electrons. The summed E-state index contributed by atoms with van der Waals surface area (Å²) in [6.45, 7) is 12.5. The summed E-state index contributed by atoms with van der Waals surface area (Å²) < 4.78 is 1.26. The van der Waals surface area contributed by atoms with Crippen molar-refractivity contribution in [2.45, 2.75) is 53.1 Å². The number of aryl methyl sites for hydroxylation is 2. The zero-order valence-electron chi connectivity index (χ0n) is 19.5. The van der Waals surface area contributed by atoms with Crippen molar-refractivity contribution in [2.75, 3.05) is 24.5 Å². The highest BCUT2D eigenvalue weighted by atomic mass is 32.1. The van der Waals surface area contributed by atoms with Gasteiger partial charge in [0.05, 0.1) is 16.6 Å². The molecule has 1 fully saturated rings. The number of piperazine rings is 1. The lowest BCUT2D eigenvalue weighted by molar-refractivity contribution is -0.136. The Balaban J connectivity index is 1.52. The van der Waals surface area contributed by atoms with Gasteiger partial charge in [-0.1, -0.05) is 55.0 Å². The highest BCUT2D eigenvalue weighted by Crippen LogP contribution is 2.33. The summed E-state index contributed by atoms with van der Waals surface area (Å²) in [5, 5.41) is 10.3. The van der Waals surface area contributed by atoms with E-state index in [0.717, 1.165) is 54.4 Å². The molecule has 0 amide bonds. The maximum absolute atomic E-state index is 11.2. The molecule has 5 nitrogen and oxygen atoms in total. The van der Waals surface area contributed by atoms with Gasteiger partial charge in [0.2, 0.25) is 0 Å². The molecule has 170 valence electrons. The average Bonchev–Trinajstić information content (AvgIpc) is 3.09. The van der Waals surface area contributed by atoms with Crippen LogP contribution in [0.4, 0.5) is 5.13 Å². The molecule has 2 heterocycles. The van der Waals surface area contributed by atoms with Crippen molar-refractivity contribution in [3.8, 4) is 0 Å². The van der Waals surface area contributed by atoms with Crippen molar-refractivity contribution < 1.29 is 9.90 Å². The standard InChI is InChI=1S/C26H33N3O2S/c1-17(2)9-22-16-28(15-21-11-19(4)10-20(13-21)14-25(30)31)7-8-29(22)26-27-23-6-5-18(3)12-24(23)32-26/h5-6,10-13,17,22H,7-9,14-16H2,1-4H3,(H,30,31)/t22-/m1/s1. The van der Waals surface area contributed by atoms with E-state index in [2.05, 4.69) is 60.9 Å². The van der Waals surface area contributed by atoms with Gasteiger partial charge in [0.25, 0.3) is 0 Å². The molecule has 1 aromatic heterocycles. The number of hydrogen-bond acceptors (Lipinski definition) is 5. The number of nitrogens with zero attached hydrogens (tertiary/aromatic N) is 3. The molecule has 1 atom stereocenters. The lowest BCUT2D eigenvalue weighted by atomic mass is 9.99. The van der Waals surface area contributed by atoms with Crippen LogP contribution in [-0.4, -0.2) is 46.6 Å². The SMILES string of the molecule is Cc1cc(CC(=O)O)cc(CN2CCN(c3nc4ccc(C)cc4s3)[C@H](CC(C)C)C2)c1. The molecule has 3 aromatic rings. The third kappa shape index (κ3) is 5.48. The maximum atomic E-state index is 11.2. The fraction of sp³-hybridized carbons (Fsp3) is 0.462. The minimum atomic E-state index is -0.779. The Hall–Kier alpha value is -2.44. The molecular formula is C26H33N3O2S. The van der Waals surface area contributed by atoms with E-state index < -0.39 is 5.97 Å². The summed E-state index contributed by atoms with van der Waals surface area (Å²) in [4.78, 5) is 21.2. The zero-order chi connectivity index (χ0) is 22.8. The molecule has 4 rings (SSSR count). The van der Waals surface area contributed by atoms with Gasteiger partial charge in [-0.2, -0.15) is 0 Å². The molecule has 0 unspecified atom stereocenters. The second kappa shape index (κ2) is 9.59. The molecule has 1 N–H and O–H groups in total.